The van der Waals surface area contributed by atoms with Crippen LogP contribution in [-0.4, -0.2) is 32.3 Å². The highest BCUT2D eigenvalue weighted by molar-refractivity contribution is 5.93. The van der Waals surface area contributed by atoms with Crippen LogP contribution >= 0.6 is 0 Å². The van der Waals surface area contributed by atoms with Gasteiger partial charge in [0.2, 0.25) is 5.91 Å². The van der Waals surface area contributed by atoms with Gasteiger partial charge in [0.05, 0.1) is 24.4 Å². The number of fused-ring (bicyclic) bond motifs is 1. The summed E-state index contributed by atoms with van der Waals surface area (Å²) >= 11 is 0. The summed E-state index contributed by atoms with van der Waals surface area (Å²) in [6.07, 6.45) is -0.0658. The molecule has 2 aromatic heterocycles. The van der Waals surface area contributed by atoms with Gasteiger partial charge in [0.15, 0.2) is 5.82 Å². The molecule has 2 aromatic carbocycles. The van der Waals surface area contributed by atoms with E-state index in [1.165, 1.54) is 4.52 Å². The predicted molar refractivity (Wildman–Crippen MR) is 109 cm³/mol. The fourth-order valence-corrected chi connectivity index (χ4v) is 3.01. The average molecular weight is 389 g/mol. The molecule has 0 saturated heterocycles. The number of carbonyl (C=O) groups is 1. The zero-order valence-electron chi connectivity index (χ0n) is 15.8. The normalized spacial score (nSPS) is 10.8. The van der Waals surface area contributed by atoms with E-state index < -0.39 is 0 Å². The number of aromatic amines is 1. The Kier molecular flexibility index (Phi) is 5.07. The van der Waals surface area contributed by atoms with Gasteiger partial charge >= 0.3 is 0 Å². The standard InChI is InChI=1S/C21H19N5O3/c1-2-29-18-11-7-6-10-15(18)22-20(27)13-19-23-24-21(28)17-12-16(25-26(17)19)14-8-4-3-5-9-14/h3-12H,2,13H2,1H3,(H,22,27)(H,24,28). The lowest BCUT2D eigenvalue weighted by atomic mass is 10.1. The first-order valence-electron chi connectivity index (χ1n) is 9.20. The molecule has 0 unspecified atom stereocenters. The van der Waals surface area contributed by atoms with Crippen LogP contribution in [0.15, 0.2) is 65.5 Å². The fraction of sp³-hybridized carbons (Fsp3) is 0.143. The smallest absolute Gasteiger partial charge is 0.290 e. The second kappa shape index (κ2) is 7.97. The first-order valence-corrected chi connectivity index (χ1v) is 9.20. The van der Waals surface area contributed by atoms with Crippen LogP contribution in [0.4, 0.5) is 5.69 Å². The third kappa shape index (κ3) is 3.86. The molecule has 0 aliphatic rings. The molecular weight excluding hydrogens is 370 g/mol. The van der Waals surface area contributed by atoms with E-state index in [1.807, 2.05) is 49.4 Å². The molecule has 0 atom stereocenters. The number of nitrogens with one attached hydrogen (secondary N) is 2. The van der Waals surface area contributed by atoms with Gasteiger partial charge in [-0.25, -0.2) is 9.61 Å². The summed E-state index contributed by atoms with van der Waals surface area (Å²) in [5, 5.41) is 13.8. The van der Waals surface area contributed by atoms with Crippen LogP contribution in [0.3, 0.4) is 0 Å². The monoisotopic (exact) mass is 389 g/mol. The van der Waals surface area contributed by atoms with Gasteiger partial charge in [-0.2, -0.15) is 10.2 Å². The van der Waals surface area contributed by atoms with Crippen molar-refractivity contribution in [3.63, 3.8) is 0 Å². The highest BCUT2D eigenvalue weighted by Gasteiger charge is 2.15. The number of hydrogen-bond donors (Lipinski definition) is 2. The Bertz CT molecular complexity index is 1210. The van der Waals surface area contributed by atoms with Crippen LogP contribution in [0.5, 0.6) is 5.75 Å². The van der Waals surface area contributed by atoms with Gasteiger partial charge in [-0.15, -0.1) is 0 Å². The van der Waals surface area contributed by atoms with Gasteiger partial charge in [-0.3, -0.25) is 9.59 Å². The number of ether oxygens (including phenoxy) is 1. The maximum atomic E-state index is 12.6. The Morgan fingerprint density at radius 1 is 1.14 bits per heavy atom. The topological polar surface area (TPSA) is 101 Å². The molecule has 0 aliphatic heterocycles. The second-order valence-electron chi connectivity index (χ2n) is 6.32. The molecule has 0 spiro atoms. The van der Waals surface area contributed by atoms with Gasteiger partial charge in [-0.05, 0) is 25.1 Å². The van der Waals surface area contributed by atoms with Crippen LogP contribution in [0.2, 0.25) is 0 Å². The van der Waals surface area contributed by atoms with Crippen molar-refractivity contribution in [3.05, 3.63) is 76.8 Å². The summed E-state index contributed by atoms with van der Waals surface area (Å²) < 4.78 is 6.94. The van der Waals surface area contributed by atoms with Crippen LogP contribution in [0.1, 0.15) is 12.7 Å². The van der Waals surface area contributed by atoms with Gasteiger partial charge in [0.25, 0.3) is 5.56 Å². The Hall–Kier alpha value is -3.94. The quantitative estimate of drug-likeness (QED) is 0.528. The minimum atomic E-state index is -0.370. The molecule has 0 radical (unpaired) electrons. The average Bonchev–Trinajstić information content (AvgIpc) is 3.19. The van der Waals surface area contributed by atoms with Crippen molar-refractivity contribution in [2.45, 2.75) is 13.3 Å². The van der Waals surface area contributed by atoms with E-state index in [0.29, 0.717) is 35.1 Å². The number of nitrogens with zero attached hydrogens (tertiary/aromatic N) is 3. The third-order valence-corrected chi connectivity index (χ3v) is 4.32. The van der Waals surface area contributed by atoms with Crippen molar-refractivity contribution in [1.82, 2.24) is 19.8 Å². The Labute approximate surface area is 166 Å². The van der Waals surface area contributed by atoms with E-state index in [4.69, 9.17) is 4.74 Å². The molecule has 0 bridgehead atoms. The van der Waals surface area contributed by atoms with Crippen molar-refractivity contribution in [2.24, 2.45) is 0 Å². The van der Waals surface area contributed by atoms with E-state index in [1.54, 1.807) is 18.2 Å². The van der Waals surface area contributed by atoms with Crippen LogP contribution in [0.25, 0.3) is 16.8 Å². The number of carbonyl (C=O) groups excluding carboxylic acids is 1. The summed E-state index contributed by atoms with van der Waals surface area (Å²) in [5.41, 5.74) is 2.04. The number of anilines is 1. The predicted octanol–water partition coefficient (Wildman–Crippen LogP) is 2.66. The van der Waals surface area contributed by atoms with Crippen molar-refractivity contribution >= 4 is 17.1 Å². The Balaban J connectivity index is 1.63. The number of H-pyrrole nitrogens is 1. The molecule has 0 fully saturated rings. The second-order valence-corrected chi connectivity index (χ2v) is 6.32. The van der Waals surface area contributed by atoms with Gasteiger partial charge in [0.1, 0.15) is 11.3 Å². The van der Waals surface area contributed by atoms with Crippen LogP contribution in [0, 0.1) is 0 Å². The first-order chi connectivity index (χ1) is 14.2. The van der Waals surface area contributed by atoms with E-state index in [9.17, 15) is 9.59 Å². The van der Waals surface area contributed by atoms with E-state index in [0.717, 1.165) is 5.56 Å². The fourth-order valence-electron chi connectivity index (χ4n) is 3.01. The summed E-state index contributed by atoms with van der Waals surface area (Å²) in [7, 11) is 0. The molecule has 2 N–H and O–H groups in total. The van der Waals surface area contributed by atoms with E-state index in [2.05, 4.69) is 20.6 Å². The van der Waals surface area contributed by atoms with Crippen LogP contribution < -0.4 is 15.6 Å². The third-order valence-electron chi connectivity index (χ3n) is 4.32. The molecule has 1 amide bonds. The van der Waals surface area contributed by atoms with Gasteiger partial charge < -0.3 is 10.1 Å². The molecular formula is C21H19N5O3. The minimum absolute atomic E-state index is 0.0658. The first kappa shape index (κ1) is 18.4. The molecule has 0 saturated carbocycles. The summed E-state index contributed by atoms with van der Waals surface area (Å²) in [4.78, 5) is 24.8. The summed E-state index contributed by atoms with van der Waals surface area (Å²) in [6, 6.07) is 18.4. The number of rotatable bonds is 6. The molecule has 29 heavy (non-hydrogen) atoms. The van der Waals surface area contributed by atoms with E-state index >= 15 is 0 Å². The molecule has 4 aromatic rings. The molecule has 146 valence electrons. The zero-order chi connectivity index (χ0) is 20.2. The molecule has 8 heteroatoms. The van der Waals surface area contributed by atoms with E-state index in [-0.39, 0.29) is 17.9 Å². The Morgan fingerprint density at radius 3 is 2.69 bits per heavy atom. The molecule has 4 rings (SSSR count). The van der Waals surface area contributed by atoms with Crippen molar-refractivity contribution in [3.8, 4) is 17.0 Å². The summed E-state index contributed by atoms with van der Waals surface area (Å²) in [6.45, 7) is 2.37. The van der Waals surface area contributed by atoms with Crippen molar-refractivity contribution in [2.75, 3.05) is 11.9 Å². The van der Waals surface area contributed by atoms with Crippen molar-refractivity contribution < 1.29 is 9.53 Å². The minimum Gasteiger partial charge on any atom is -0.492 e. The highest BCUT2D eigenvalue weighted by Crippen LogP contribution is 2.24. The number of para-hydroxylation sites is 2. The lowest BCUT2D eigenvalue weighted by molar-refractivity contribution is -0.115. The van der Waals surface area contributed by atoms with Gasteiger partial charge in [-0.1, -0.05) is 42.5 Å². The molecule has 8 nitrogen and oxygen atoms in total. The SMILES string of the molecule is CCOc1ccccc1NC(=O)Cc1n[nH]c(=O)c2cc(-c3ccccc3)nn12. The molecule has 0 aliphatic carbocycles. The lowest BCUT2D eigenvalue weighted by Gasteiger charge is -2.11. The van der Waals surface area contributed by atoms with Gasteiger partial charge in [0, 0.05) is 5.56 Å². The maximum absolute atomic E-state index is 12.6. The number of amides is 1. The van der Waals surface area contributed by atoms with Crippen molar-refractivity contribution in [1.29, 1.82) is 0 Å². The lowest BCUT2D eigenvalue weighted by Crippen LogP contribution is -2.22. The van der Waals surface area contributed by atoms with Crippen LogP contribution in [-0.2, 0) is 11.2 Å². The maximum Gasteiger partial charge on any atom is 0.290 e. The Morgan fingerprint density at radius 2 is 1.90 bits per heavy atom. The number of hydrogen-bond acceptors (Lipinski definition) is 5. The molecule has 2 heterocycles. The summed E-state index contributed by atoms with van der Waals surface area (Å²) in [5.74, 6) is 0.622. The highest BCUT2D eigenvalue weighted by atomic mass is 16.5. The largest absolute Gasteiger partial charge is 0.492 e. The zero-order valence-corrected chi connectivity index (χ0v) is 15.8. The number of aromatic nitrogens is 4. The number of benzene rings is 2.